The Hall–Kier alpha value is -4.86. The van der Waals surface area contributed by atoms with Crippen LogP contribution in [0.15, 0.2) is 57.7 Å². The van der Waals surface area contributed by atoms with Gasteiger partial charge in [-0.15, -0.1) is 0 Å². The van der Waals surface area contributed by atoms with E-state index in [1.54, 1.807) is 0 Å². The maximum atomic E-state index is 13.1. The van der Waals surface area contributed by atoms with Crippen LogP contribution >= 0.6 is 0 Å². The maximum Gasteiger partial charge on any atom is 0.351 e. The number of ether oxygens (including phenoxy) is 1. The van der Waals surface area contributed by atoms with Crippen molar-refractivity contribution < 1.29 is 44.6 Å². The lowest BCUT2D eigenvalue weighted by Crippen LogP contribution is -2.16. The minimum Gasteiger partial charge on any atom is -0.508 e. The zero-order chi connectivity index (χ0) is 23.2. The van der Waals surface area contributed by atoms with Crippen molar-refractivity contribution in [3.05, 3.63) is 64.3 Å². The van der Waals surface area contributed by atoms with Gasteiger partial charge in [-0.2, -0.15) is 0 Å². The normalized spacial score (nSPS) is 10.9. The Morgan fingerprint density at radius 1 is 0.781 bits per heavy atom. The van der Waals surface area contributed by atoms with Gasteiger partial charge in [-0.3, -0.25) is 4.79 Å². The molecule has 0 unspecified atom stereocenters. The molecule has 1 heterocycles. The SMILES string of the molecule is O=C(Oc1c(-c2ccc(O)c(O)c2)oc2cc(O)cc(O)c2c1=O)c1c(O)cccc1O. The van der Waals surface area contributed by atoms with E-state index in [1.165, 1.54) is 12.1 Å². The Morgan fingerprint density at radius 2 is 1.47 bits per heavy atom. The molecular weight excluding hydrogens is 424 g/mol. The van der Waals surface area contributed by atoms with Gasteiger partial charge in [-0.25, -0.2) is 4.79 Å². The molecular formula is C22H14O10. The van der Waals surface area contributed by atoms with Crippen LogP contribution in [-0.2, 0) is 0 Å². The van der Waals surface area contributed by atoms with Crippen LogP contribution in [0.25, 0.3) is 22.3 Å². The molecule has 0 saturated carbocycles. The largest absolute Gasteiger partial charge is 0.508 e. The predicted molar refractivity (Wildman–Crippen MR) is 109 cm³/mol. The number of aromatic hydroxyl groups is 6. The van der Waals surface area contributed by atoms with Crippen LogP contribution in [0.2, 0.25) is 0 Å². The Labute approximate surface area is 178 Å². The minimum atomic E-state index is -1.31. The van der Waals surface area contributed by atoms with E-state index in [9.17, 15) is 40.2 Å². The van der Waals surface area contributed by atoms with Gasteiger partial charge in [0.1, 0.15) is 39.5 Å². The van der Waals surface area contributed by atoms with Crippen molar-refractivity contribution in [3.63, 3.8) is 0 Å². The highest BCUT2D eigenvalue weighted by Crippen LogP contribution is 2.39. The summed E-state index contributed by atoms with van der Waals surface area (Å²) in [6.07, 6.45) is 0. The molecule has 10 heteroatoms. The molecule has 162 valence electrons. The van der Waals surface area contributed by atoms with E-state index >= 15 is 0 Å². The predicted octanol–water partition coefficient (Wildman–Crippen LogP) is 2.91. The highest BCUT2D eigenvalue weighted by molar-refractivity contribution is 5.98. The molecule has 0 amide bonds. The average Bonchev–Trinajstić information content (AvgIpc) is 2.71. The van der Waals surface area contributed by atoms with Gasteiger partial charge >= 0.3 is 5.97 Å². The molecule has 0 spiro atoms. The van der Waals surface area contributed by atoms with E-state index in [0.29, 0.717) is 0 Å². The zero-order valence-electron chi connectivity index (χ0n) is 15.9. The molecule has 0 radical (unpaired) electrons. The van der Waals surface area contributed by atoms with E-state index in [4.69, 9.17) is 9.15 Å². The zero-order valence-corrected chi connectivity index (χ0v) is 15.9. The quantitative estimate of drug-likeness (QED) is 0.206. The van der Waals surface area contributed by atoms with Crippen LogP contribution in [0.1, 0.15) is 10.4 Å². The lowest BCUT2D eigenvalue weighted by molar-refractivity contribution is 0.0725. The van der Waals surface area contributed by atoms with Crippen molar-refractivity contribution in [2.75, 3.05) is 0 Å². The van der Waals surface area contributed by atoms with E-state index in [-0.39, 0.29) is 11.1 Å². The summed E-state index contributed by atoms with van der Waals surface area (Å²) in [4.78, 5) is 25.8. The molecule has 0 aliphatic heterocycles. The fourth-order valence-electron chi connectivity index (χ4n) is 3.10. The highest BCUT2D eigenvalue weighted by Gasteiger charge is 2.26. The van der Waals surface area contributed by atoms with Crippen LogP contribution in [0, 0.1) is 0 Å². The number of rotatable bonds is 3. The number of fused-ring (bicyclic) bond motifs is 1. The first-order valence-corrected chi connectivity index (χ1v) is 8.95. The summed E-state index contributed by atoms with van der Waals surface area (Å²) >= 11 is 0. The lowest BCUT2D eigenvalue weighted by Gasteiger charge is -2.13. The van der Waals surface area contributed by atoms with Crippen molar-refractivity contribution in [1.82, 2.24) is 0 Å². The summed E-state index contributed by atoms with van der Waals surface area (Å²) < 4.78 is 10.8. The average molecular weight is 438 g/mol. The fourth-order valence-corrected chi connectivity index (χ4v) is 3.10. The molecule has 6 N–H and O–H groups in total. The Balaban J connectivity index is 1.99. The standard InChI is InChI=1S/C22H14O10/c23-10-7-15(28)18-16(8-10)31-20(9-4-5-11(24)14(27)6-9)21(19(18)29)32-22(30)17-12(25)2-1-3-13(17)26/h1-8,23-28H. The Morgan fingerprint density at radius 3 is 2.12 bits per heavy atom. The summed E-state index contributed by atoms with van der Waals surface area (Å²) in [5, 5.41) is 58.7. The second-order valence-corrected chi connectivity index (χ2v) is 6.69. The first-order valence-electron chi connectivity index (χ1n) is 8.95. The van der Waals surface area contributed by atoms with Crippen molar-refractivity contribution in [2.45, 2.75) is 0 Å². The van der Waals surface area contributed by atoms with Gasteiger partial charge in [0.25, 0.3) is 0 Å². The molecule has 0 aliphatic rings. The van der Waals surface area contributed by atoms with Crippen molar-refractivity contribution in [1.29, 1.82) is 0 Å². The molecule has 0 fully saturated rings. The van der Waals surface area contributed by atoms with Gasteiger partial charge in [0.15, 0.2) is 17.3 Å². The monoisotopic (exact) mass is 438 g/mol. The number of phenolic OH excluding ortho intramolecular Hbond substituents is 6. The number of benzene rings is 3. The Kier molecular flexibility index (Phi) is 4.74. The highest BCUT2D eigenvalue weighted by atomic mass is 16.5. The maximum absolute atomic E-state index is 13.1. The van der Waals surface area contributed by atoms with Crippen molar-refractivity contribution >= 4 is 16.9 Å². The van der Waals surface area contributed by atoms with Gasteiger partial charge in [-0.05, 0) is 30.3 Å². The summed E-state index contributed by atoms with van der Waals surface area (Å²) in [7, 11) is 0. The number of carbonyl (C=O) groups is 1. The number of hydrogen-bond donors (Lipinski definition) is 6. The third-order valence-corrected chi connectivity index (χ3v) is 4.57. The van der Waals surface area contributed by atoms with Crippen molar-refractivity contribution in [3.8, 4) is 51.6 Å². The topological polar surface area (TPSA) is 178 Å². The molecule has 0 atom stereocenters. The van der Waals surface area contributed by atoms with Gasteiger partial charge in [0.05, 0.1) is 0 Å². The second-order valence-electron chi connectivity index (χ2n) is 6.69. The summed E-state index contributed by atoms with van der Waals surface area (Å²) in [5.41, 5.74) is -1.91. The first kappa shape index (κ1) is 20.4. The Bertz CT molecular complexity index is 1430. The fraction of sp³-hybridized carbons (Fsp3) is 0. The summed E-state index contributed by atoms with van der Waals surface area (Å²) in [6.45, 7) is 0. The van der Waals surface area contributed by atoms with Gasteiger partial charge < -0.3 is 39.8 Å². The molecule has 3 aromatic carbocycles. The van der Waals surface area contributed by atoms with Crippen molar-refractivity contribution in [2.24, 2.45) is 0 Å². The minimum absolute atomic E-state index is 0.00793. The number of esters is 1. The molecule has 4 rings (SSSR count). The van der Waals surface area contributed by atoms with Gasteiger partial charge in [0, 0.05) is 17.7 Å². The van der Waals surface area contributed by atoms with Crippen LogP contribution in [0.4, 0.5) is 0 Å². The third-order valence-electron chi connectivity index (χ3n) is 4.57. The van der Waals surface area contributed by atoms with Crippen LogP contribution < -0.4 is 10.2 Å². The summed E-state index contributed by atoms with van der Waals surface area (Å²) in [6, 6.07) is 8.80. The van der Waals surface area contributed by atoms with E-state index in [2.05, 4.69) is 0 Å². The lowest BCUT2D eigenvalue weighted by atomic mass is 10.1. The number of carbonyl (C=O) groups excluding carboxylic acids is 1. The molecule has 4 aromatic rings. The van der Waals surface area contributed by atoms with E-state index < -0.39 is 68.4 Å². The molecule has 0 aliphatic carbocycles. The smallest absolute Gasteiger partial charge is 0.351 e. The summed E-state index contributed by atoms with van der Waals surface area (Å²) in [5.74, 6) is -5.78. The molecule has 0 saturated heterocycles. The third kappa shape index (κ3) is 3.35. The second kappa shape index (κ2) is 7.43. The van der Waals surface area contributed by atoms with Crippen LogP contribution in [0.5, 0.6) is 40.2 Å². The number of hydrogen-bond acceptors (Lipinski definition) is 10. The molecule has 32 heavy (non-hydrogen) atoms. The molecule has 1 aromatic heterocycles. The number of phenols is 6. The van der Waals surface area contributed by atoms with Gasteiger partial charge in [-0.1, -0.05) is 6.07 Å². The molecule has 10 nitrogen and oxygen atoms in total. The van der Waals surface area contributed by atoms with Crippen LogP contribution in [0.3, 0.4) is 0 Å². The van der Waals surface area contributed by atoms with Gasteiger partial charge in [0.2, 0.25) is 11.2 Å². The van der Waals surface area contributed by atoms with Crippen LogP contribution in [-0.4, -0.2) is 36.6 Å². The van der Waals surface area contributed by atoms with E-state index in [0.717, 1.165) is 36.4 Å². The first-order chi connectivity index (χ1) is 15.2. The molecule has 0 bridgehead atoms. The van der Waals surface area contributed by atoms with E-state index in [1.807, 2.05) is 0 Å².